The van der Waals surface area contributed by atoms with Gasteiger partial charge in [0, 0.05) is 31.6 Å². The van der Waals surface area contributed by atoms with Gasteiger partial charge in [0.1, 0.15) is 11.5 Å². The number of rotatable bonds is 4. The average molecular weight is 344 g/mol. The maximum atomic E-state index is 12.2. The van der Waals surface area contributed by atoms with Crippen LogP contribution in [0.2, 0.25) is 0 Å². The fourth-order valence-corrected chi connectivity index (χ4v) is 3.35. The molecule has 1 fully saturated rings. The van der Waals surface area contributed by atoms with Crippen molar-refractivity contribution in [3.63, 3.8) is 0 Å². The summed E-state index contributed by atoms with van der Waals surface area (Å²) < 4.78 is 0. The molecule has 2 aromatic rings. The smallest absolute Gasteiger partial charge is 0.259 e. The Hall–Kier alpha value is -2.28. The number of Topliss-reactive ketones (excluding diaryl/α,β-unsaturated/α-hetero) is 1. The zero-order valence-corrected chi connectivity index (χ0v) is 14.6. The molecule has 1 amide bonds. The van der Waals surface area contributed by atoms with E-state index in [0.717, 1.165) is 24.8 Å². The quantitative estimate of drug-likeness (QED) is 0.862. The van der Waals surface area contributed by atoms with Crippen LogP contribution in [-0.4, -0.2) is 34.7 Å². The highest BCUT2D eigenvalue weighted by Crippen LogP contribution is 2.22. The molecule has 0 bridgehead atoms. The van der Waals surface area contributed by atoms with E-state index in [1.165, 1.54) is 31.1 Å². The van der Waals surface area contributed by atoms with Crippen molar-refractivity contribution in [1.29, 1.82) is 0 Å². The van der Waals surface area contributed by atoms with Gasteiger partial charge < -0.3 is 4.90 Å². The zero-order valence-electron chi connectivity index (χ0n) is 13.8. The summed E-state index contributed by atoms with van der Waals surface area (Å²) >= 11 is 1.23. The van der Waals surface area contributed by atoms with Crippen LogP contribution in [0.4, 0.5) is 10.9 Å². The summed E-state index contributed by atoms with van der Waals surface area (Å²) in [4.78, 5) is 34.2. The van der Waals surface area contributed by atoms with Gasteiger partial charge in [-0.3, -0.25) is 14.9 Å². The van der Waals surface area contributed by atoms with Crippen LogP contribution in [0.5, 0.6) is 0 Å². The summed E-state index contributed by atoms with van der Waals surface area (Å²) in [6.45, 7) is 5.73. The second-order valence-electron chi connectivity index (χ2n) is 6.12. The fourth-order valence-electron chi connectivity index (χ4n) is 2.61. The van der Waals surface area contributed by atoms with Gasteiger partial charge >= 0.3 is 0 Å². The average Bonchev–Trinajstić information content (AvgIpc) is 3.04. The molecule has 3 heterocycles. The van der Waals surface area contributed by atoms with Crippen molar-refractivity contribution < 1.29 is 9.59 Å². The van der Waals surface area contributed by atoms with E-state index in [-0.39, 0.29) is 11.7 Å². The fraction of sp³-hybridized carbons (Fsp3) is 0.412. The number of nitrogens with one attached hydrogen (secondary N) is 1. The molecular weight excluding hydrogens is 324 g/mol. The van der Waals surface area contributed by atoms with Crippen molar-refractivity contribution in [1.82, 2.24) is 9.97 Å². The molecule has 1 N–H and O–H groups in total. The second-order valence-corrected chi connectivity index (χ2v) is 6.98. The normalized spacial score (nSPS) is 15.3. The van der Waals surface area contributed by atoms with E-state index in [0.29, 0.717) is 16.4 Å². The Kier molecular flexibility index (Phi) is 4.89. The first kappa shape index (κ1) is 16.6. The van der Waals surface area contributed by atoms with Crippen LogP contribution >= 0.6 is 11.3 Å². The topological polar surface area (TPSA) is 75.2 Å². The number of piperidine rings is 1. The minimum atomic E-state index is -0.272. The minimum Gasteiger partial charge on any atom is -0.357 e. The highest BCUT2D eigenvalue weighted by molar-refractivity contribution is 7.14. The number of pyridine rings is 1. The Morgan fingerprint density at radius 2 is 2.04 bits per heavy atom. The summed E-state index contributed by atoms with van der Waals surface area (Å²) in [7, 11) is 0. The Bertz CT molecular complexity index is 733. The number of carbonyl (C=O) groups is 2. The molecule has 7 heteroatoms. The highest BCUT2D eigenvalue weighted by atomic mass is 32.1. The van der Waals surface area contributed by atoms with E-state index in [2.05, 4.69) is 27.1 Å². The summed E-state index contributed by atoms with van der Waals surface area (Å²) in [5, 5.41) is 4.75. The van der Waals surface area contributed by atoms with Crippen molar-refractivity contribution in [2.24, 2.45) is 5.92 Å². The number of hydrogen-bond acceptors (Lipinski definition) is 6. The molecule has 1 saturated heterocycles. The van der Waals surface area contributed by atoms with E-state index in [1.807, 2.05) is 6.07 Å². The molecule has 0 aromatic carbocycles. The largest absolute Gasteiger partial charge is 0.357 e. The second kappa shape index (κ2) is 7.09. The number of anilines is 2. The molecule has 0 aliphatic carbocycles. The number of amides is 1. The first-order valence-electron chi connectivity index (χ1n) is 8.02. The maximum absolute atomic E-state index is 12.2. The summed E-state index contributed by atoms with van der Waals surface area (Å²) in [5.74, 6) is 1.29. The van der Waals surface area contributed by atoms with Crippen molar-refractivity contribution in [2.45, 2.75) is 26.7 Å². The number of hydrogen-bond donors (Lipinski definition) is 1. The summed E-state index contributed by atoms with van der Waals surface area (Å²) in [6.07, 6.45) is 3.93. The van der Waals surface area contributed by atoms with Crippen LogP contribution in [0, 0.1) is 5.92 Å². The molecule has 24 heavy (non-hydrogen) atoms. The molecule has 1 aliphatic heterocycles. The van der Waals surface area contributed by atoms with Gasteiger partial charge in [0.15, 0.2) is 10.9 Å². The third-order valence-corrected chi connectivity index (χ3v) is 4.96. The van der Waals surface area contributed by atoms with Gasteiger partial charge in [-0.25, -0.2) is 9.97 Å². The molecule has 2 aromatic heterocycles. The molecule has 0 unspecified atom stereocenters. The lowest BCUT2D eigenvalue weighted by atomic mass is 9.99. The van der Waals surface area contributed by atoms with Gasteiger partial charge in [-0.1, -0.05) is 6.92 Å². The SMILES string of the molecule is CC(=O)c1csc(NC(=O)c2ccc(N3CCC(C)CC3)nc2)n1. The van der Waals surface area contributed by atoms with Crippen LogP contribution in [0.25, 0.3) is 0 Å². The number of ketones is 1. The lowest BCUT2D eigenvalue weighted by Gasteiger charge is -2.31. The Balaban J connectivity index is 1.64. The standard InChI is InChI=1S/C17H20N4O2S/c1-11-5-7-21(8-6-11)15-4-3-13(9-18-15)16(23)20-17-19-14(10-24-17)12(2)22/h3-4,9-11H,5-8H2,1-2H3,(H,19,20,23). The molecule has 0 atom stereocenters. The Labute approximate surface area is 144 Å². The van der Waals surface area contributed by atoms with E-state index in [1.54, 1.807) is 17.6 Å². The van der Waals surface area contributed by atoms with Crippen LogP contribution in [0.1, 0.15) is 47.5 Å². The monoisotopic (exact) mass is 344 g/mol. The number of carbonyl (C=O) groups excluding carboxylic acids is 2. The molecule has 0 saturated carbocycles. The first-order valence-corrected chi connectivity index (χ1v) is 8.89. The van der Waals surface area contributed by atoms with Gasteiger partial charge in [0.2, 0.25) is 0 Å². The van der Waals surface area contributed by atoms with Gasteiger partial charge in [-0.05, 0) is 30.9 Å². The number of nitrogens with zero attached hydrogens (tertiary/aromatic N) is 3. The predicted octanol–water partition coefficient (Wildman–Crippen LogP) is 3.23. The third kappa shape index (κ3) is 3.79. The molecular formula is C17H20N4O2S. The summed E-state index contributed by atoms with van der Waals surface area (Å²) in [6, 6.07) is 3.66. The minimum absolute atomic E-state index is 0.117. The zero-order chi connectivity index (χ0) is 17.1. The molecule has 0 radical (unpaired) electrons. The Morgan fingerprint density at radius 3 is 2.62 bits per heavy atom. The van der Waals surface area contributed by atoms with Crippen molar-refractivity contribution >= 4 is 34.0 Å². The van der Waals surface area contributed by atoms with Crippen LogP contribution < -0.4 is 10.2 Å². The van der Waals surface area contributed by atoms with Crippen molar-refractivity contribution in [2.75, 3.05) is 23.3 Å². The van der Waals surface area contributed by atoms with Gasteiger partial charge in [-0.15, -0.1) is 11.3 Å². The van der Waals surface area contributed by atoms with E-state index < -0.39 is 0 Å². The van der Waals surface area contributed by atoms with E-state index >= 15 is 0 Å². The number of thiazole rings is 1. The first-order chi connectivity index (χ1) is 11.5. The van der Waals surface area contributed by atoms with E-state index in [4.69, 9.17) is 0 Å². The van der Waals surface area contributed by atoms with Gasteiger partial charge in [-0.2, -0.15) is 0 Å². The van der Waals surface area contributed by atoms with Crippen molar-refractivity contribution in [3.05, 3.63) is 35.0 Å². The lowest BCUT2D eigenvalue weighted by molar-refractivity contribution is 0.100. The maximum Gasteiger partial charge on any atom is 0.259 e. The Morgan fingerprint density at radius 1 is 1.29 bits per heavy atom. The molecule has 6 nitrogen and oxygen atoms in total. The molecule has 0 spiro atoms. The molecule has 3 rings (SSSR count). The third-order valence-electron chi connectivity index (χ3n) is 4.20. The highest BCUT2D eigenvalue weighted by Gasteiger charge is 2.17. The number of aromatic nitrogens is 2. The molecule has 1 aliphatic rings. The van der Waals surface area contributed by atoms with Crippen LogP contribution in [0.15, 0.2) is 23.7 Å². The van der Waals surface area contributed by atoms with Crippen LogP contribution in [-0.2, 0) is 0 Å². The predicted molar refractivity (Wildman–Crippen MR) is 94.9 cm³/mol. The van der Waals surface area contributed by atoms with Crippen molar-refractivity contribution in [3.8, 4) is 0 Å². The lowest BCUT2D eigenvalue weighted by Crippen LogP contribution is -2.33. The van der Waals surface area contributed by atoms with Crippen LogP contribution in [0.3, 0.4) is 0 Å². The van der Waals surface area contributed by atoms with E-state index in [9.17, 15) is 9.59 Å². The van der Waals surface area contributed by atoms with Gasteiger partial charge in [0.05, 0.1) is 5.56 Å². The molecule has 126 valence electrons. The summed E-state index contributed by atoms with van der Waals surface area (Å²) in [5.41, 5.74) is 0.840. The van der Waals surface area contributed by atoms with Gasteiger partial charge in [0.25, 0.3) is 5.91 Å².